The average Bonchev–Trinajstić information content (AvgIpc) is 3.44. The van der Waals surface area contributed by atoms with Crippen molar-refractivity contribution in [3.05, 3.63) is 144 Å². The number of hydrogen-bond acceptors (Lipinski definition) is 26. The van der Waals surface area contributed by atoms with E-state index in [4.69, 9.17) is 32.5 Å². The number of para-hydroxylation sites is 1. The van der Waals surface area contributed by atoms with Gasteiger partial charge in [0.2, 0.25) is 17.2 Å². The summed E-state index contributed by atoms with van der Waals surface area (Å²) in [6.45, 7) is -0.465. The van der Waals surface area contributed by atoms with E-state index in [-0.39, 0.29) is 96.3 Å². The number of carboxylic acid groups (broad SMARTS) is 1. The summed E-state index contributed by atoms with van der Waals surface area (Å²) in [4.78, 5) is 22.4. The van der Waals surface area contributed by atoms with E-state index in [9.17, 15) is 44.8 Å². The Morgan fingerprint density at radius 2 is 1.27 bits per heavy atom. The van der Waals surface area contributed by atoms with Crippen LogP contribution in [0.2, 0.25) is 5.28 Å². The van der Waals surface area contributed by atoms with E-state index in [1.165, 1.54) is 78.9 Å². The number of aromatic carboxylic acids is 1. The van der Waals surface area contributed by atoms with Crippen molar-refractivity contribution >= 4 is 145 Å². The lowest BCUT2D eigenvalue weighted by atomic mass is 10.1. The number of phenolic OH excluding ortho intramolecular Hbond substituents is 1. The lowest BCUT2D eigenvalue weighted by molar-refractivity contribution is -0.434. The molecular formula is C46H37ClN14O14S4. The number of rotatable bonds is 22. The Morgan fingerprint density at radius 1 is 0.658 bits per heavy atom. The van der Waals surface area contributed by atoms with Gasteiger partial charge in [0.25, 0.3) is 20.1 Å². The highest BCUT2D eigenvalue weighted by molar-refractivity contribution is 7.92. The molecule has 0 aliphatic carbocycles. The lowest BCUT2D eigenvalue weighted by Crippen LogP contribution is -2.12. The summed E-state index contributed by atoms with van der Waals surface area (Å²) in [7, 11) is -13.3. The maximum atomic E-state index is 13.3. The molecule has 0 unspecified atom stereocenters. The van der Waals surface area contributed by atoms with E-state index in [0.717, 1.165) is 12.1 Å². The van der Waals surface area contributed by atoms with Gasteiger partial charge in [-0.05, 0) is 133 Å². The van der Waals surface area contributed by atoms with Crippen LogP contribution >= 0.6 is 23.9 Å². The number of nitrogens with two attached hydrogens (primary N) is 2. The number of halogens is 1. The molecule has 1 aromatic heterocycles. The molecule has 0 bridgehead atoms. The maximum absolute atomic E-state index is 13.3. The van der Waals surface area contributed by atoms with Gasteiger partial charge in [-0.1, -0.05) is 17.2 Å². The number of fused-ring (bicyclic) bond motifs is 1. The summed E-state index contributed by atoms with van der Waals surface area (Å²) in [5.74, 6) is -2.16. The first kappa shape index (κ1) is 56.4. The minimum absolute atomic E-state index is 0.00314. The van der Waals surface area contributed by atoms with Crippen molar-refractivity contribution in [3.63, 3.8) is 0 Å². The van der Waals surface area contributed by atoms with Gasteiger partial charge >= 0.3 is 5.97 Å². The van der Waals surface area contributed by atoms with E-state index in [2.05, 4.69) is 70.4 Å². The lowest BCUT2D eigenvalue weighted by Gasteiger charge is -2.11. The Morgan fingerprint density at radius 3 is 1.95 bits per heavy atom. The molecule has 0 amide bonds. The monoisotopic (exact) mass is 1170 g/mol. The number of nitrogens with zero attached hydrogens (tertiary/aromatic N) is 9. The zero-order valence-electron chi connectivity index (χ0n) is 39.7. The second-order valence-corrected chi connectivity index (χ2v) is 21.9. The van der Waals surface area contributed by atoms with Gasteiger partial charge in [-0.3, -0.25) is 13.5 Å². The highest BCUT2D eigenvalue weighted by Crippen LogP contribution is 2.43. The van der Waals surface area contributed by atoms with E-state index in [1.54, 1.807) is 36.4 Å². The summed E-state index contributed by atoms with van der Waals surface area (Å²) in [6.07, 6.45) is 0. The standard InChI is InChI=1S/C46H37ClN14O14S4/c47-44-52-45(54-46(53-44)51-36-4-2-1-3-33(36)43(63)64)50-28-11-18-37(35(49)23-28)57-55-25-5-7-27(8-6-25)61-78(68,69)29-12-9-26(10-13-29)56-59-39-20-16-31-32(42(39)62)15-17-34(48)41(31)60-58-38-19-14-30(24-40(38)79(70,71)72)77(66,67)22-21-73-76-75-74-65/h1-20,23-24,61-62,65H,21-22,48-49H2,(H,63,64)(H,70,71,72)(H2,50,51,52,53,54). The van der Waals surface area contributed by atoms with Crippen molar-refractivity contribution < 1.29 is 63.6 Å². The quantitative estimate of drug-likeness (QED) is 0.00579. The van der Waals surface area contributed by atoms with Gasteiger partial charge in [0, 0.05) is 22.1 Å². The first-order valence-corrected chi connectivity index (χ1v) is 27.6. The molecule has 7 aromatic carbocycles. The fourth-order valence-electron chi connectivity index (χ4n) is 6.92. The molecule has 0 radical (unpaired) electrons. The van der Waals surface area contributed by atoms with Crippen LogP contribution in [0.1, 0.15) is 10.4 Å². The first-order chi connectivity index (χ1) is 37.7. The average molecular weight is 1170 g/mol. The van der Waals surface area contributed by atoms with E-state index >= 15 is 0 Å². The van der Waals surface area contributed by atoms with Crippen LogP contribution in [0.5, 0.6) is 5.75 Å². The van der Waals surface area contributed by atoms with Crippen LogP contribution in [0, 0.1) is 0 Å². The Balaban J connectivity index is 0.887. The third kappa shape index (κ3) is 14.2. The molecule has 8 aromatic rings. The number of aromatic hydroxyl groups is 1. The largest absolute Gasteiger partial charge is 0.505 e. The van der Waals surface area contributed by atoms with Crippen molar-refractivity contribution in [1.82, 2.24) is 15.0 Å². The molecule has 8 rings (SSSR count). The number of carbonyl (C=O) groups is 1. The first-order valence-electron chi connectivity index (χ1n) is 22.0. The van der Waals surface area contributed by atoms with E-state index in [0.29, 0.717) is 23.1 Å². The van der Waals surface area contributed by atoms with Crippen LogP contribution in [0.15, 0.2) is 179 Å². The molecule has 79 heavy (non-hydrogen) atoms. The fraction of sp³-hybridized carbons (Fsp3) is 0.0435. The smallest absolute Gasteiger partial charge is 0.337 e. The second-order valence-electron chi connectivity index (χ2n) is 15.9. The molecular weight excluding hydrogens is 1140 g/mol. The Kier molecular flexibility index (Phi) is 17.3. The van der Waals surface area contributed by atoms with Crippen molar-refractivity contribution in [2.24, 2.45) is 30.7 Å². The van der Waals surface area contributed by atoms with Crippen LogP contribution in [0.4, 0.5) is 74.5 Å². The number of nitrogens with one attached hydrogen (secondary N) is 3. The van der Waals surface area contributed by atoms with Crippen LogP contribution in [-0.2, 0) is 43.5 Å². The van der Waals surface area contributed by atoms with Crippen LogP contribution in [0.25, 0.3) is 10.8 Å². The number of sulfonamides is 1. The van der Waals surface area contributed by atoms with E-state index < -0.39 is 63.8 Å². The van der Waals surface area contributed by atoms with Gasteiger partial charge in [0.05, 0.1) is 56.2 Å². The molecule has 28 nitrogen and oxygen atoms in total. The van der Waals surface area contributed by atoms with Crippen LogP contribution < -0.4 is 26.8 Å². The predicted octanol–water partition coefficient (Wildman–Crippen LogP) is 10.8. The zero-order valence-corrected chi connectivity index (χ0v) is 43.7. The summed E-state index contributed by atoms with van der Waals surface area (Å²) in [6, 6.07) is 30.7. The van der Waals surface area contributed by atoms with Gasteiger partial charge in [-0.2, -0.15) is 33.6 Å². The van der Waals surface area contributed by atoms with Crippen LogP contribution in [0.3, 0.4) is 0 Å². The molecule has 406 valence electrons. The molecule has 0 saturated heterocycles. The number of sulfone groups is 1. The second kappa shape index (κ2) is 24.2. The topological polar surface area (TPSA) is 429 Å². The number of hydrogen-bond donors (Lipinski definition) is 9. The Bertz CT molecular complexity index is 4070. The third-order valence-electron chi connectivity index (χ3n) is 10.6. The van der Waals surface area contributed by atoms with Gasteiger partial charge in [0.1, 0.15) is 27.6 Å². The van der Waals surface area contributed by atoms with Crippen molar-refractivity contribution in [1.29, 1.82) is 0 Å². The Labute approximate surface area is 455 Å². The van der Waals surface area contributed by atoms with Gasteiger partial charge in [0.15, 0.2) is 27.9 Å². The summed E-state index contributed by atoms with van der Waals surface area (Å²) < 4.78 is 98.1. The van der Waals surface area contributed by atoms with Gasteiger partial charge < -0.3 is 32.3 Å². The molecule has 0 aliphatic rings. The highest BCUT2D eigenvalue weighted by Gasteiger charge is 2.23. The molecule has 11 N–H and O–H groups in total. The number of benzene rings is 7. The van der Waals surface area contributed by atoms with E-state index in [1.807, 2.05) is 0 Å². The normalized spacial score (nSPS) is 12.2. The zero-order chi connectivity index (χ0) is 56.5. The fourth-order valence-corrected chi connectivity index (χ4v) is 10.3. The summed E-state index contributed by atoms with van der Waals surface area (Å²) in [5.41, 5.74) is 14.0. The van der Waals surface area contributed by atoms with Crippen molar-refractivity contribution in [2.75, 3.05) is 39.2 Å². The number of aromatic nitrogens is 3. The highest BCUT2D eigenvalue weighted by atomic mass is 35.5. The number of azo groups is 3. The predicted molar refractivity (Wildman–Crippen MR) is 289 cm³/mol. The molecule has 0 fully saturated rings. The maximum Gasteiger partial charge on any atom is 0.337 e. The van der Waals surface area contributed by atoms with Gasteiger partial charge in [-0.25, -0.2) is 26.9 Å². The minimum Gasteiger partial charge on any atom is -0.505 e. The SMILES string of the molecule is Nc1cc(Nc2nc(Cl)nc(Nc3ccccc3C(=O)O)n2)ccc1N=Nc1ccc(NS(=O)(=O)c2ccc(N=Nc3ccc4c(N=Nc5ccc(S(=O)(=O)CCOSOOO)cc5S(=O)(=O)O)c(N)ccc4c3O)cc2)cc1. The molecule has 33 heteroatoms. The number of anilines is 7. The van der Waals surface area contributed by atoms with Gasteiger partial charge in [-0.15, -0.1) is 24.8 Å². The minimum atomic E-state index is -5.06. The third-order valence-corrected chi connectivity index (χ3v) is 15.1. The molecule has 0 spiro atoms. The molecule has 0 saturated carbocycles. The summed E-state index contributed by atoms with van der Waals surface area (Å²) >= 11 is 6.26. The summed E-state index contributed by atoms with van der Waals surface area (Å²) in [5, 5.41) is 62.8. The van der Waals surface area contributed by atoms with Crippen molar-refractivity contribution in [2.45, 2.75) is 14.7 Å². The number of phenols is 1. The van der Waals surface area contributed by atoms with Crippen molar-refractivity contribution in [3.8, 4) is 5.75 Å². The molecule has 1 heterocycles. The van der Waals surface area contributed by atoms with Crippen LogP contribution in [-0.4, -0.2) is 78.6 Å². The molecule has 0 aliphatic heterocycles. The number of nitrogen functional groups attached to an aromatic ring is 2. The Hall–Kier alpha value is -8.83. The number of carboxylic acids is 1. The molecule has 0 atom stereocenters.